The average molecular weight is 362 g/mol. The zero-order chi connectivity index (χ0) is 17.7. The number of nitrogens with zero attached hydrogens (tertiary/aromatic N) is 4. The molecule has 2 saturated heterocycles. The molecule has 2 aliphatic heterocycles. The summed E-state index contributed by atoms with van der Waals surface area (Å²) in [5.74, 6) is 0.902. The summed E-state index contributed by atoms with van der Waals surface area (Å²) >= 11 is 5.98. The fourth-order valence-corrected chi connectivity index (χ4v) is 4.31. The van der Waals surface area contributed by atoms with Gasteiger partial charge < -0.3 is 15.2 Å². The Labute approximate surface area is 155 Å². The van der Waals surface area contributed by atoms with Crippen molar-refractivity contribution in [1.29, 1.82) is 5.41 Å². The van der Waals surface area contributed by atoms with Crippen LogP contribution in [0.2, 0.25) is 5.15 Å². The lowest BCUT2D eigenvalue weighted by atomic mass is 9.71. The lowest BCUT2D eigenvalue weighted by molar-refractivity contribution is 0.0960. The summed E-state index contributed by atoms with van der Waals surface area (Å²) in [4.78, 5) is 13.4. The van der Waals surface area contributed by atoms with Gasteiger partial charge in [0.05, 0.1) is 12.4 Å². The molecular weight excluding hydrogens is 334 g/mol. The second kappa shape index (κ2) is 8.17. The molecule has 3 heterocycles. The molecule has 2 fully saturated rings. The van der Waals surface area contributed by atoms with Gasteiger partial charge in [-0.2, -0.15) is 0 Å². The molecule has 0 aromatic carbocycles. The minimum atomic E-state index is 0.465. The highest BCUT2D eigenvalue weighted by atomic mass is 35.5. The van der Waals surface area contributed by atoms with Crippen LogP contribution < -0.4 is 4.90 Å². The first-order valence-electron chi connectivity index (χ1n) is 9.33. The molecule has 2 aliphatic rings. The monoisotopic (exact) mass is 361 g/mol. The highest BCUT2D eigenvalue weighted by Gasteiger charge is 2.38. The first-order chi connectivity index (χ1) is 12.2. The second-order valence-corrected chi connectivity index (χ2v) is 7.64. The van der Waals surface area contributed by atoms with Gasteiger partial charge in [-0.1, -0.05) is 24.9 Å². The molecule has 0 atom stereocenters. The molecule has 0 unspecified atom stereocenters. The van der Waals surface area contributed by atoms with Crippen molar-refractivity contribution in [2.24, 2.45) is 5.41 Å². The number of hydrogen-bond acceptors (Lipinski definition) is 5. The second-order valence-electron chi connectivity index (χ2n) is 7.25. The molecule has 0 bridgehead atoms. The number of allylic oxidation sites excluding steroid dienone is 2. The Morgan fingerprint density at radius 2 is 1.88 bits per heavy atom. The van der Waals surface area contributed by atoms with Gasteiger partial charge in [0.1, 0.15) is 11.0 Å². The number of rotatable bonds is 5. The molecule has 5 nitrogen and oxygen atoms in total. The van der Waals surface area contributed by atoms with Gasteiger partial charge in [-0.15, -0.1) is 0 Å². The first kappa shape index (κ1) is 18.2. The molecular formula is C19H28ClN5. The third-order valence-corrected chi connectivity index (χ3v) is 5.93. The first-order valence-corrected chi connectivity index (χ1v) is 9.71. The van der Waals surface area contributed by atoms with E-state index in [2.05, 4.69) is 26.7 Å². The standard InChI is InChI=1S/C19H28ClN5/c1-2-3-16(4-9-21)24-10-5-19(6-11-24)7-12-25(13-8-19)18-15-22-14-17(20)23-18/h4,9,14-15,21H,2-3,5-8,10-13H2,1H3/b16-4+,21-9?. The topological polar surface area (TPSA) is 56.1 Å². The van der Waals surface area contributed by atoms with Crippen LogP contribution in [0, 0.1) is 10.8 Å². The molecule has 0 aliphatic carbocycles. The van der Waals surface area contributed by atoms with Crippen LogP contribution >= 0.6 is 11.6 Å². The van der Waals surface area contributed by atoms with Crippen LogP contribution in [0.3, 0.4) is 0 Å². The Morgan fingerprint density at radius 1 is 1.20 bits per heavy atom. The summed E-state index contributed by atoms with van der Waals surface area (Å²) in [6, 6.07) is 0. The van der Waals surface area contributed by atoms with Crippen molar-refractivity contribution < 1.29 is 0 Å². The SMILES string of the molecule is CCC/C(=C\C=N)N1CCC2(CC1)CCN(c1cncc(Cl)n1)CC2. The third kappa shape index (κ3) is 4.32. The van der Waals surface area contributed by atoms with E-state index in [-0.39, 0.29) is 0 Å². The third-order valence-electron chi connectivity index (χ3n) is 5.75. The van der Waals surface area contributed by atoms with Crippen LogP contribution in [0.4, 0.5) is 5.82 Å². The predicted molar refractivity (Wildman–Crippen MR) is 104 cm³/mol. The molecule has 0 saturated carbocycles. The number of aromatic nitrogens is 2. The van der Waals surface area contributed by atoms with Gasteiger partial charge in [0.2, 0.25) is 0 Å². The van der Waals surface area contributed by atoms with E-state index in [0.717, 1.165) is 44.8 Å². The van der Waals surface area contributed by atoms with E-state index in [9.17, 15) is 0 Å². The van der Waals surface area contributed by atoms with Crippen LogP contribution in [-0.4, -0.2) is 47.3 Å². The maximum Gasteiger partial charge on any atom is 0.149 e. The van der Waals surface area contributed by atoms with Crippen molar-refractivity contribution in [1.82, 2.24) is 14.9 Å². The molecule has 1 N–H and O–H groups in total. The van der Waals surface area contributed by atoms with Crippen LogP contribution in [0.5, 0.6) is 0 Å². The van der Waals surface area contributed by atoms with E-state index >= 15 is 0 Å². The number of piperidine rings is 2. The zero-order valence-corrected chi connectivity index (χ0v) is 15.8. The minimum absolute atomic E-state index is 0.465. The van der Waals surface area contributed by atoms with Crippen LogP contribution in [-0.2, 0) is 0 Å². The summed E-state index contributed by atoms with van der Waals surface area (Å²) in [7, 11) is 0. The zero-order valence-electron chi connectivity index (χ0n) is 15.0. The van der Waals surface area contributed by atoms with E-state index in [1.807, 2.05) is 12.3 Å². The summed E-state index contributed by atoms with van der Waals surface area (Å²) in [6.07, 6.45) is 13.9. The Bertz CT molecular complexity index is 612. The van der Waals surface area contributed by atoms with E-state index < -0.39 is 0 Å². The molecule has 1 aromatic rings. The molecule has 0 amide bonds. The van der Waals surface area contributed by atoms with Crippen LogP contribution in [0.25, 0.3) is 0 Å². The Balaban J connectivity index is 1.56. The van der Waals surface area contributed by atoms with Crippen molar-refractivity contribution in [3.8, 4) is 0 Å². The van der Waals surface area contributed by atoms with Crippen molar-refractivity contribution in [2.75, 3.05) is 31.1 Å². The van der Waals surface area contributed by atoms with Gasteiger partial charge in [-0.25, -0.2) is 4.98 Å². The highest BCUT2D eigenvalue weighted by molar-refractivity contribution is 6.29. The summed E-state index contributed by atoms with van der Waals surface area (Å²) < 4.78 is 0. The number of hydrogen-bond donors (Lipinski definition) is 1. The maximum absolute atomic E-state index is 7.38. The molecule has 1 spiro atoms. The molecule has 6 heteroatoms. The van der Waals surface area contributed by atoms with Crippen LogP contribution in [0.15, 0.2) is 24.2 Å². The Morgan fingerprint density at radius 3 is 2.48 bits per heavy atom. The quantitative estimate of drug-likeness (QED) is 0.800. The lowest BCUT2D eigenvalue weighted by Crippen LogP contribution is -2.46. The normalized spacial score (nSPS) is 20.8. The molecule has 3 rings (SSSR count). The van der Waals surface area contributed by atoms with Crippen LogP contribution in [0.1, 0.15) is 45.4 Å². The van der Waals surface area contributed by atoms with Gasteiger partial charge in [-0.3, -0.25) is 4.98 Å². The molecule has 25 heavy (non-hydrogen) atoms. The van der Waals surface area contributed by atoms with E-state index in [0.29, 0.717) is 10.6 Å². The minimum Gasteiger partial charge on any atom is -0.375 e. The van der Waals surface area contributed by atoms with E-state index in [1.165, 1.54) is 37.6 Å². The molecule has 0 radical (unpaired) electrons. The van der Waals surface area contributed by atoms with Gasteiger partial charge in [0.15, 0.2) is 0 Å². The molecule has 136 valence electrons. The number of anilines is 1. The summed E-state index contributed by atoms with van der Waals surface area (Å²) in [5.41, 5.74) is 1.81. The fraction of sp³-hybridized carbons (Fsp3) is 0.632. The predicted octanol–water partition coefficient (Wildman–Crippen LogP) is 4.15. The Hall–Kier alpha value is -1.62. The molecule has 1 aromatic heterocycles. The average Bonchev–Trinajstić information content (AvgIpc) is 2.63. The van der Waals surface area contributed by atoms with Crippen molar-refractivity contribution in [3.05, 3.63) is 29.3 Å². The maximum atomic E-state index is 7.38. The lowest BCUT2D eigenvalue weighted by Gasteiger charge is -2.48. The van der Waals surface area contributed by atoms with E-state index in [1.54, 1.807) is 6.20 Å². The fourth-order valence-electron chi connectivity index (χ4n) is 4.16. The highest BCUT2D eigenvalue weighted by Crippen LogP contribution is 2.42. The number of nitrogens with one attached hydrogen (secondary N) is 1. The van der Waals surface area contributed by atoms with Crippen molar-refractivity contribution >= 4 is 23.6 Å². The van der Waals surface area contributed by atoms with Gasteiger partial charge in [0, 0.05) is 38.1 Å². The largest absolute Gasteiger partial charge is 0.375 e. The van der Waals surface area contributed by atoms with Crippen molar-refractivity contribution in [2.45, 2.75) is 45.4 Å². The Kier molecular flexibility index (Phi) is 5.94. The van der Waals surface area contributed by atoms with Gasteiger partial charge in [0.25, 0.3) is 0 Å². The van der Waals surface area contributed by atoms with Crippen molar-refractivity contribution in [3.63, 3.8) is 0 Å². The smallest absolute Gasteiger partial charge is 0.149 e. The van der Waals surface area contributed by atoms with Gasteiger partial charge >= 0.3 is 0 Å². The summed E-state index contributed by atoms with van der Waals surface area (Å²) in [6.45, 7) is 6.52. The van der Waals surface area contributed by atoms with E-state index in [4.69, 9.17) is 17.0 Å². The van der Waals surface area contributed by atoms with Gasteiger partial charge in [-0.05, 0) is 43.6 Å². The number of halogens is 1. The number of likely N-dealkylation sites (tertiary alicyclic amines) is 1. The summed E-state index contributed by atoms with van der Waals surface area (Å²) in [5, 5.41) is 7.85.